The molecule has 3 aliphatic carbocycles. The van der Waals surface area contributed by atoms with Crippen LogP contribution in [0.1, 0.15) is 123 Å². The van der Waals surface area contributed by atoms with Gasteiger partial charge < -0.3 is 30.9 Å². The molecule has 0 aromatic heterocycles. The van der Waals surface area contributed by atoms with E-state index in [1.807, 2.05) is 0 Å². The van der Waals surface area contributed by atoms with E-state index in [4.69, 9.17) is 4.74 Å². The standard InChI is InChI=1S/C36H57N5O8S/c1-35(2)24-22-41-28(27(24)35)30(43)38-25(29(42)31(44)37-23-16-17-23)14-10-7-5-3-4-6-8-11-15-26(32(41)45)39-34(46)40-36(18-12-9-13-19-36)33-49-20-21-50(33,47)48/h23-28,33H,3-22H2,1-2H3,(H,37,44)(H,38,43)(H2,39,40,46)/t24-,25-,26-,27-,28-,33?/m0/s1. The quantitative estimate of drug-likeness (QED) is 0.303. The highest BCUT2D eigenvalue weighted by molar-refractivity contribution is 7.92. The number of carbonyl (C=O) groups is 5. The fraction of sp³-hybridized carbons (Fsp3) is 0.861. The number of rotatable bonds is 6. The number of urea groups is 1. The molecule has 6 aliphatic rings. The highest BCUT2D eigenvalue weighted by atomic mass is 32.2. The van der Waals surface area contributed by atoms with Crippen LogP contribution in [0.2, 0.25) is 0 Å². The van der Waals surface area contributed by atoms with Crippen LogP contribution in [0.4, 0.5) is 4.79 Å². The molecule has 0 radical (unpaired) electrons. The summed E-state index contributed by atoms with van der Waals surface area (Å²) in [5.41, 5.74) is -2.38. The summed E-state index contributed by atoms with van der Waals surface area (Å²) >= 11 is 0. The second-order valence-electron chi connectivity index (χ2n) is 16.4. The maximum absolute atomic E-state index is 14.5. The molecule has 1 unspecified atom stereocenters. The average Bonchev–Trinajstić information content (AvgIpc) is 3.85. The lowest BCUT2D eigenvalue weighted by atomic mass is 9.82. The number of nitrogens with one attached hydrogen (secondary N) is 4. The van der Waals surface area contributed by atoms with Crippen LogP contribution in [-0.2, 0) is 33.8 Å². The summed E-state index contributed by atoms with van der Waals surface area (Å²) < 4.78 is 31.7. The van der Waals surface area contributed by atoms with Crippen LogP contribution in [0.15, 0.2) is 0 Å². The minimum atomic E-state index is -3.56. The summed E-state index contributed by atoms with van der Waals surface area (Å²) in [4.78, 5) is 70.2. The average molecular weight is 720 g/mol. The van der Waals surface area contributed by atoms with E-state index in [1.165, 1.54) is 0 Å². The molecule has 5 amide bonds. The van der Waals surface area contributed by atoms with Gasteiger partial charge in [0.05, 0.1) is 23.9 Å². The molecule has 3 aliphatic heterocycles. The number of fused-ring (bicyclic) bond motifs is 3. The molecule has 3 saturated heterocycles. The minimum absolute atomic E-state index is 0.0120. The number of ether oxygens (including phenoxy) is 1. The summed E-state index contributed by atoms with van der Waals surface area (Å²) in [5.74, 6) is -2.23. The van der Waals surface area contributed by atoms with Gasteiger partial charge in [-0.05, 0) is 55.8 Å². The van der Waals surface area contributed by atoms with Crippen molar-refractivity contribution in [2.45, 2.75) is 158 Å². The number of Topliss-reactive ketones (excluding diaryl/α,β-unsaturated/α-hetero) is 1. The number of amides is 5. The maximum Gasteiger partial charge on any atom is 0.315 e. The Morgan fingerprint density at radius 3 is 2.08 bits per heavy atom. The number of hydrogen-bond donors (Lipinski definition) is 4. The first kappa shape index (κ1) is 37.0. The largest absolute Gasteiger partial charge is 0.359 e. The van der Waals surface area contributed by atoms with Gasteiger partial charge in [0.1, 0.15) is 12.1 Å². The second kappa shape index (κ2) is 15.1. The van der Waals surface area contributed by atoms with Crippen LogP contribution < -0.4 is 21.3 Å². The summed E-state index contributed by atoms with van der Waals surface area (Å²) in [6, 6.07) is -3.34. The number of carbonyl (C=O) groups excluding carboxylic acids is 5. The molecule has 0 spiro atoms. The van der Waals surface area contributed by atoms with Crippen LogP contribution in [0.25, 0.3) is 0 Å². The van der Waals surface area contributed by atoms with Gasteiger partial charge in [-0.15, -0.1) is 0 Å². The van der Waals surface area contributed by atoms with E-state index in [1.54, 1.807) is 4.90 Å². The minimum Gasteiger partial charge on any atom is -0.359 e. The lowest BCUT2D eigenvalue weighted by molar-refractivity contribution is -0.144. The topological polar surface area (TPSA) is 180 Å². The molecule has 4 N–H and O–H groups in total. The number of ketones is 1. The van der Waals surface area contributed by atoms with Crippen molar-refractivity contribution in [3.05, 3.63) is 0 Å². The van der Waals surface area contributed by atoms with Crippen LogP contribution in [0.3, 0.4) is 0 Å². The van der Waals surface area contributed by atoms with Gasteiger partial charge in [-0.2, -0.15) is 0 Å². The molecular formula is C36H57N5O8S. The highest BCUT2D eigenvalue weighted by Crippen LogP contribution is 2.65. The van der Waals surface area contributed by atoms with Crippen molar-refractivity contribution < 1.29 is 37.1 Å². The Bertz CT molecular complexity index is 1420. The van der Waals surface area contributed by atoms with Crippen LogP contribution in [-0.4, -0.2) is 96.9 Å². The van der Waals surface area contributed by atoms with E-state index >= 15 is 0 Å². The Morgan fingerprint density at radius 2 is 1.46 bits per heavy atom. The predicted molar refractivity (Wildman–Crippen MR) is 185 cm³/mol. The van der Waals surface area contributed by atoms with Gasteiger partial charge in [0.2, 0.25) is 17.6 Å². The Kier molecular flexibility index (Phi) is 11.2. The van der Waals surface area contributed by atoms with E-state index in [-0.39, 0.29) is 41.6 Å². The molecular weight excluding hydrogens is 662 g/mol. The number of sulfone groups is 1. The van der Waals surface area contributed by atoms with Gasteiger partial charge in [0, 0.05) is 12.6 Å². The molecule has 50 heavy (non-hydrogen) atoms. The lowest BCUT2D eigenvalue weighted by Crippen LogP contribution is -2.64. The van der Waals surface area contributed by atoms with Crippen molar-refractivity contribution in [2.75, 3.05) is 18.9 Å². The normalized spacial score (nSPS) is 34.3. The zero-order valence-corrected chi connectivity index (χ0v) is 30.6. The zero-order valence-electron chi connectivity index (χ0n) is 29.8. The number of hydrogen-bond acceptors (Lipinski definition) is 8. The third-order valence-electron chi connectivity index (χ3n) is 12.4. The number of piperidine rings is 1. The smallest absolute Gasteiger partial charge is 0.315 e. The van der Waals surface area contributed by atoms with Crippen LogP contribution in [0.5, 0.6) is 0 Å². The molecule has 14 heteroatoms. The number of nitrogens with zero attached hydrogens (tertiary/aromatic N) is 1. The molecule has 6 fully saturated rings. The van der Waals surface area contributed by atoms with Crippen molar-refractivity contribution in [3.8, 4) is 0 Å². The third-order valence-corrected chi connectivity index (χ3v) is 14.4. The van der Waals surface area contributed by atoms with Crippen molar-refractivity contribution in [1.29, 1.82) is 0 Å². The fourth-order valence-corrected chi connectivity index (χ4v) is 11.0. The van der Waals surface area contributed by atoms with Gasteiger partial charge in [0.15, 0.2) is 15.3 Å². The first-order valence-electron chi connectivity index (χ1n) is 19.2. The molecule has 6 atom stereocenters. The van der Waals surface area contributed by atoms with E-state index < -0.39 is 62.6 Å². The molecule has 0 aromatic carbocycles. The Morgan fingerprint density at radius 1 is 0.840 bits per heavy atom. The van der Waals surface area contributed by atoms with E-state index in [2.05, 4.69) is 35.1 Å². The van der Waals surface area contributed by atoms with E-state index in [0.29, 0.717) is 45.1 Å². The highest BCUT2D eigenvalue weighted by Gasteiger charge is 2.69. The molecule has 0 aromatic rings. The Balaban J connectivity index is 1.22. The van der Waals surface area contributed by atoms with Crippen molar-refractivity contribution in [2.24, 2.45) is 17.3 Å². The van der Waals surface area contributed by atoms with Gasteiger partial charge in [-0.3, -0.25) is 19.2 Å². The van der Waals surface area contributed by atoms with E-state index in [0.717, 1.165) is 70.6 Å². The maximum atomic E-state index is 14.5. The first-order chi connectivity index (χ1) is 23.8. The van der Waals surface area contributed by atoms with Crippen LogP contribution in [0, 0.1) is 17.3 Å². The molecule has 0 bridgehead atoms. The molecule has 6 rings (SSSR count). The monoisotopic (exact) mass is 719 g/mol. The van der Waals surface area contributed by atoms with Gasteiger partial charge >= 0.3 is 6.03 Å². The van der Waals surface area contributed by atoms with Gasteiger partial charge in [-0.1, -0.05) is 84.5 Å². The summed E-state index contributed by atoms with van der Waals surface area (Å²) in [7, 11) is -3.56. The summed E-state index contributed by atoms with van der Waals surface area (Å²) in [6.07, 6.45) is 13.0. The molecule has 3 heterocycles. The second-order valence-corrected chi connectivity index (χ2v) is 18.6. The first-order valence-corrected chi connectivity index (χ1v) is 20.9. The SMILES string of the molecule is CC1(C)[C@@H]2[C@H]3C(=O)N[C@H](C(=O)C(=O)NC4CC4)CCCCCCCCCC[C@H](NC(=O)NC4(C5OCCS5(=O)=O)CCCCC4)C(=O)N3C[C@@H]21. The molecule has 3 saturated carbocycles. The Hall–Kier alpha value is -2.74. The van der Waals surface area contributed by atoms with Gasteiger partial charge in [0.25, 0.3) is 5.91 Å². The molecule has 280 valence electrons. The lowest BCUT2D eigenvalue weighted by Gasteiger charge is -2.41. The van der Waals surface area contributed by atoms with Crippen molar-refractivity contribution in [3.63, 3.8) is 0 Å². The van der Waals surface area contributed by atoms with Crippen molar-refractivity contribution >= 4 is 39.4 Å². The Labute approximate surface area is 296 Å². The summed E-state index contributed by atoms with van der Waals surface area (Å²) in [6.45, 7) is 4.61. The van der Waals surface area contributed by atoms with Gasteiger partial charge in [-0.25, -0.2) is 13.2 Å². The zero-order chi connectivity index (χ0) is 35.7. The fourth-order valence-electron chi connectivity index (χ4n) is 9.20. The van der Waals surface area contributed by atoms with Crippen LogP contribution >= 0.6 is 0 Å². The van der Waals surface area contributed by atoms with E-state index in [9.17, 15) is 32.4 Å². The van der Waals surface area contributed by atoms with Crippen molar-refractivity contribution in [1.82, 2.24) is 26.2 Å². The summed E-state index contributed by atoms with van der Waals surface area (Å²) in [5, 5.41) is 11.6. The third kappa shape index (κ3) is 8.00. The molecule has 13 nitrogen and oxygen atoms in total. The predicted octanol–water partition coefficient (Wildman–Crippen LogP) is 2.86.